The number of hydrogen-bond donors (Lipinski definition) is 1. The molecule has 1 amide bonds. The Kier molecular flexibility index (Phi) is 3.95. The third-order valence-electron chi connectivity index (χ3n) is 1.56. The number of nitrogens with zero attached hydrogens (tertiary/aromatic N) is 2. The average molecular weight is 246 g/mol. The molecule has 1 aromatic heterocycles. The van der Waals surface area contributed by atoms with Gasteiger partial charge in [-0.25, -0.2) is 0 Å². The molecule has 0 saturated heterocycles. The van der Waals surface area contributed by atoms with Gasteiger partial charge >= 0.3 is 0 Å². The highest BCUT2D eigenvalue weighted by Gasteiger charge is 2.06. The zero-order valence-corrected chi connectivity index (χ0v) is 8.99. The third-order valence-corrected chi connectivity index (χ3v) is 1.98. The molecule has 1 rings (SSSR count). The molecule has 0 bridgehead atoms. The summed E-state index contributed by atoms with van der Waals surface area (Å²) in [7, 11) is 0. The van der Waals surface area contributed by atoms with E-state index >= 15 is 0 Å². The van der Waals surface area contributed by atoms with Gasteiger partial charge in [0, 0.05) is 18.9 Å². The van der Waals surface area contributed by atoms with Crippen molar-refractivity contribution in [2.75, 3.05) is 6.54 Å². The second-order valence-corrected chi connectivity index (χ2v) is 4.05. The van der Waals surface area contributed by atoms with Crippen LogP contribution in [0.3, 0.4) is 0 Å². The molecule has 1 unspecified atom stereocenters. The maximum Gasteiger partial charge on any atom is 0.233 e. The summed E-state index contributed by atoms with van der Waals surface area (Å²) < 4.78 is 1.78. The summed E-state index contributed by atoms with van der Waals surface area (Å²) in [6, 6.07) is 1.86. The number of aromatic nitrogens is 2. The number of amides is 1. The molecule has 0 aromatic carbocycles. The highest BCUT2D eigenvalue weighted by Crippen LogP contribution is 1.95. The van der Waals surface area contributed by atoms with Gasteiger partial charge in [-0.3, -0.25) is 9.48 Å². The first-order valence-electron chi connectivity index (χ1n) is 4.09. The molecule has 5 heteroatoms. The molecule has 0 saturated carbocycles. The van der Waals surface area contributed by atoms with Gasteiger partial charge in [-0.1, -0.05) is 15.9 Å². The van der Waals surface area contributed by atoms with Crippen LogP contribution in [0, 0.1) is 0 Å². The van der Waals surface area contributed by atoms with Crippen LogP contribution in [0.4, 0.5) is 0 Å². The standard InChI is InChI=1S/C8H12BrN3O/c1-7(9)8(13)10-4-6-12-5-2-3-11-12/h2-3,5,7H,4,6H2,1H3,(H,10,13). The average Bonchev–Trinajstić information content (AvgIpc) is 2.56. The summed E-state index contributed by atoms with van der Waals surface area (Å²) in [6.45, 7) is 3.11. The highest BCUT2D eigenvalue weighted by molar-refractivity contribution is 9.10. The molecule has 0 spiro atoms. The Morgan fingerprint density at radius 3 is 3.08 bits per heavy atom. The van der Waals surface area contributed by atoms with Crippen molar-refractivity contribution in [3.05, 3.63) is 18.5 Å². The van der Waals surface area contributed by atoms with E-state index in [-0.39, 0.29) is 10.7 Å². The van der Waals surface area contributed by atoms with Crippen LogP contribution < -0.4 is 5.32 Å². The van der Waals surface area contributed by atoms with E-state index in [9.17, 15) is 4.79 Å². The van der Waals surface area contributed by atoms with Crippen molar-refractivity contribution in [1.29, 1.82) is 0 Å². The lowest BCUT2D eigenvalue weighted by Crippen LogP contribution is -2.32. The normalized spacial score (nSPS) is 12.5. The lowest BCUT2D eigenvalue weighted by atomic mass is 10.4. The fourth-order valence-corrected chi connectivity index (χ4v) is 1.03. The van der Waals surface area contributed by atoms with E-state index in [0.29, 0.717) is 13.1 Å². The first-order valence-corrected chi connectivity index (χ1v) is 5.01. The molecule has 4 nitrogen and oxygen atoms in total. The Labute approximate surface area is 85.4 Å². The van der Waals surface area contributed by atoms with Crippen LogP contribution >= 0.6 is 15.9 Å². The minimum atomic E-state index is -0.134. The van der Waals surface area contributed by atoms with E-state index in [1.807, 2.05) is 12.3 Å². The van der Waals surface area contributed by atoms with E-state index in [1.54, 1.807) is 17.8 Å². The summed E-state index contributed by atoms with van der Waals surface area (Å²) in [4.78, 5) is 10.9. The molecule has 0 radical (unpaired) electrons. The summed E-state index contributed by atoms with van der Waals surface area (Å²) in [6.07, 6.45) is 3.58. The Bertz CT molecular complexity index is 258. The molecule has 1 heterocycles. The predicted octanol–water partition coefficient (Wildman–Crippen LogP) is 0.783. The highest BCUT2D eigenvalue weighted by atomic mass is 79.9. The van der Waals surface area contributed by atoms with Crippen molar-refractivity contribution in [2.24, 2.45) is 0 Å². The molecular formula is C8H12BrN3O. The molecule has 0 aliphatic heterocycles. The van der Waals surface area contributed by atoms with Gasteiger partial charge in [0.15, 0.2) is 0 Å². The molecule has 1 N–H and O–H groups in total. The van der Waals surface area contributed by atoms with Crippen LogP contribution in [0.2, 0.25) is 0 Å². The van der Waals surface area contributed by atoms with E-state index in [2.05, 4.69) is 26.3 Å². The van der Waals surface area contributed by atoms with Gasteiger partial charge in [-0.2, -0.15) is 5.10 Å². The zero-order valence-electron chi connectivity index (χ0n) is 7.40. The summed E-state index contributed by atoms with van der Waals surface area (Å²) >= 11 is 3.18. The number of alkyl halides is 1. The van der Waals surface area contributed by atoms with Crippen LogP contribution in [0.15, 0.2) is 18.5 Å². The molecule has 13 heavy (non-hydrogen) atoms. The molecule has 0 aliphatic carbocycles. The quantitative estimate of drug-likeness (QED) is 0.798. The second kappa shape index (κ2) is 5.01. The van der Waals surface area contributed by atoms with Gasteiger partial charge in [-0.05, 0) is 13.0 Å². The van der Waals surface area contributed by atoms with Gasteiger partial charge in [0.25, 0.3) is 0 Å². The van der Waals surface area contributed by atoms with E-state index in [1.165, 1.54) is 0 Å². The van der Waals surface area contributed by atoms with Gasteiger partial charge in [0.05, 0.1) is 11.4 Å². The lowest BCUT2D eigenvalue weighted by Gasteiger charge is -2.06. The van der Waals surface area contributed by atoms with Crippen molar-refractivity contribution < 1.29 is 4.79 Å². The molecule has 72 valence electrons. The molecule has 0 fully saturated rings. The number of nitrogens with one attached hydrogen (secondary N) is 1. The Morgan fingerprint density at radius 1 is 1.77 bits per heavy atom. The maximum absolute atomic E-state index is 11.1. The summed E-state index contributed by atoms with van der Waals surface area (Å²) in [5, 5.41) is 6.79. The smallest absolute Gasteiger partial charge is 0.233 e. The third kappa shape index (κ3) is 3.59. The van der Waals surface area contributed by atoms with Gasteiger partial charge in [-0.15, -0.1) is 0 Å². The Morgan fingerprint density at radius 2 is 2.54 bits per heavy atom. The van der Waals surface area contributed by atoms with Crippen LogP contribution in [-0.4, -0.2) is 27.1 Å². The zero-order chi connectivity index (χ0) is 9.68. The number of carbonyl (C=O) groups is 1. The number of halogens is 1. The van der Waals surface area contributed by atoms with Crippen LogP contribution in [0.25, 0.3) is 0 Å². The van der Waals surface area contributed by atoms with Crippen LogP contribution in [0.5, 0.6) is 0 Å². The maximum atomic E-state index is 11.1. The van der Waals surface area contributed by atoms with Crippen molar-refractivity contribution >= 4 is 21.8 Å². The van der Waals surface area contributed by atoms with Gasteiger partial charge < -0.3 is 5.32 Å². The predicted molar refractivity (Wildman–Crippen MR) is 53.6 cm³/mol. The van der Waals surface area contributed by atoms with E-state index in [4.69, 9.17) is 0 Å². The molecule has 1 atom stereocenters. The minimum Gasteiger partial charge on any atom is -0.353 e. The van der Waals surface area contributed by atoms with Crippen molar-refractivity contribution in [1.82, 2.24) is 15.1 Å². The van der Waals surface area contributed by atoms with Gasteiger partial charge in [0.1, 0.15) is 0 Å². The van der Waals surface area contributed by atoms with Crippen LogP contribution in [-0.2, 0) is 11.3 Å². The van der Waals surface area contributed by atoms with Crippen LogP contribution in [0.1, 0.15) is 6.92 Å². The lowest BCUT2D eigenvalue weighted by molar-refractivity contribution is -0.120. The van der Waals surface area contributed by atoms with Crippen molar-refractivity contribution in [2.45, 2.75) is 18.3 Å². The minimum absolute atomic E-state index is 0.00663. The fourth-order valence-electron chi connectivity index (χ4n) is 0.867. The summed E-state index contributed by atoms with van der Waals surface area (Å²) in [5.74, 6) is 0.00663. The molecule has 0 aliphatic rings. The Hall–Kier alpha value is -0.840. The van der Waals surface area contributed by atoms with Crippen molar-refractivity contribution in [3.8, 4) is 0 Å². The van der Waals surface area contributed by atoms with E-state index in [0.717, 1.165) is 0 Å². The first-order chi connectivity index (χ1) is 6.20. The van der Waals surface area contributed by atoms with Gasteiger partial charge in [0.2, 0.25) is 5.91 Å². The SMILES string of the molecule is CC(Br)C(=O)NCCn1cccn1. The molecular weight excluding hydrogens is 234 g/mol. The molecule has 1 aromatic rings. The number of rotatable bonds is 4. The first kappa shape index (κ1) is 10.2. The topological polar surface area (TPSA) is 46.9 Å². The number of carbonyl (C=O) groups excluding carboxylic acids is 1. The van der Waals surface area contributed by atoms with E-state index < -0.39 is 0 Å². The second-order valence-electron chi connectivity index (χ2n) is 2.68. The monoisotopic (exact) mass is 245 g/mol. The fraction of sp³-hybridized carbons (Fsp3) is 0.500. The van der Waals surface area contributed by atoms with Crippen molar-refractivity contribution in [3.63, 3.8) is 0 Å². The summed E-state index contributed by atoms with van der Waals surface area (Å²) in [5.41, 5.74) is 0. The largest absolute Gasteiger partial charge is 0.353 e. The Balaban J connectivity index is 2.18. The number of hydrogen-bond acceptors (Lipinski definition) is 2.